The third-order valence-electron chi connectivity index (χ3n) is 2.45. The number of aryl methyl sites for hydroxylation is 1. The highest BCUT2D eigenvalue weighted by molar-refractivity contribution is 5.85. The number of fused-ring (bicyclic) bond motifs is 1. The van der Waals surface area contributed by atoms with Gasteiger partial charge < -0.3 is 5.73 Å². The third kappa shape index (κ3) is 1.25. The highest BCUT2D eigenvalue weighted by atomic mass is 15.3. The molecule has 3 nitrogen and oxygen atoms in total. The minimum Gasteiger partial charge on any atom is -0.399 e. The third-order valence-corrected chi connectivity index (χ3v) is 2.45. The molecule has 0 spiro atoms. The number of nitrogens with zero attached hydrogens (tertiary/aromatic N) is 2. The van der Waals surface area contributed by atoms with Gasteiger partial charge in [0.05, 0.1) is 5.52 Å². The molecular weight excluding hydrogens is 174 g/mol. The molecule has 1 aromatic heterocycles. The van der Waals surface area contributed by atoms with E-state index in [0.29, 0.717) is 5.92 Å². The van der Waals surface area contributed by atoms with Gasteiger partial charge in [-0.2, -0.15) is 5.10 Å². The molecule has 0 bridgehead atoms. The van der Waals surface area contributed by atoms with Gasteiger partial charge >= 0.3 is 0 Å². The number of anilines is 1. The van der Waals surface area contributed by atoms with Crippen LogP contribution in [0, 0.1) is 0 Å². The molecule has 0 radical (unpaired) electrons. The second kappa shape index (κ2) is 3.01. The van der Waals surface area contributed by atoms with Crippen molar-refractivity contribution in [2.45, 2.75) is 19.8 Å². The lowest BCUT2D eigenvalue weighted by molar-refractivity contribution is 0.677. The number of rotatable bonds is 1. The lowest BCUT2D eigenvalue weighted by Crippen LogP contribution is -1.99. The molecule has 0 aliphatic heterocycles. The first-order chi connectivity index (χ1) is 6.59. The molecule has 0 unspecified atom stereocenters. The quantitative estimate of drug-likeness (QED) is 0.699. The molecule has 74 valence electrons. The minimum absolute atomic E-state index is 0.465. The van der Waals surface area contributed by atoms with E-state index in [1.54, 1.807) is 0 Å². The number of nitrogen functional groups attached to an aromatic ring is 1. The van der Waals surface area contributed by atoms with Gasteiger partial charge in [-0.25, -0.2) is 0 Å². The van der Waals surface area contributed by atoms with Gasteiger partial charge in [-0.15, -0.1) is 0 Å². The van der Waals surface area contributed by atoms with E-state index in [2.05, 4.69) is 18.9 Å². The lowest BCUT2D eigenvalue weighted by atomic mass is 10.1. The van der Waals surface area contributed by atoms with Gasteiger partial charge in [-0.1, -0.05) is 13.8 Å². The molecule has 14 heavy (non-hydrogen) atoms. The van der Waals surface area contributed by atoms with E-state index < -0.39 is 0 Å². The lowest BCUT2D eigenvalue weighted by Gasteiger charge is -2.05. The molecule has 0 aliphatic carbocycles. The van der Waals surface area contributed by atoms with Gasteiger partial charge in [0.2, 0.25) is 0 Å². The van der Waals surface area contributed by atoms with E-state index in [9.17, 15) is 0 Å². The van der Waals surface area contributed by atoms with Crippen LogP contribution in [0.3, 0.4) is 0 Å². The number of hydrogen-bond acceptors (Lipinski definition) is 2. The summed E-state index contributed by atoms with van der Waals surface area (Å²) in [5, 5.41) is 5.61. The molecule has 1 heterocycles. The fourth-order valence-electron chi connectivity index (χ4n) is 1.92. The molecule has 0 saturated carbocycles. The summed E-state index contributed by atoms with van der Waals surface area (Å²) in [6.07, 6.45) is 0. The van der Waals surface area contributed by atoms with Gasteiger partial charge in [-0.05, 0) is 24.1 Å². The molecule has 0 aliphatic rings. The Bertz CT molecular complexity index is 469. The van der Waals surface area contributed by atoms with Crippen LogP contribution in [0.4, 0.5) is 5.69 Å². The highest BCUT2D eigenvalue weighted by Crippen LogP contribution is 2.26. The minimum atomic E-state index is 0.465. The molecule has 2 rings (SSSR count). The average molecular weight is 189 g/mol. The Kier molecular flexibility index (Phi) is 1.95. The zero-order valence-electron chi connectivity index (χ0n) is 8.78. The first-order valence-corrected chi connectivity index (χ1v) is 4.81. The van der Waals surface area contributed by atoms with Crippen LogP contribution in [0.25, 0.3) is 10.9 Å². The maximum absolute atomic E-state index is 5.77. The van der Waals surface area contributed by atoms with E-state index in [-0.39, 0.29) is 0 Å². The van der Waals surface area contributed by atoms with Gasteiger partial charge in [0, 0.05) is 23.8 Å². The van der Waals surface area contributed by atoms with E-state index in [1.807, 2.05) is 29.9 Å². The molecule has 0 fully saturated rings. The molecule has 3 heteroatoms. The first kappa shape index (κ1) is 9.06. The maximum Gasteiger partial charge on any atom is 0.0927 e. The average Bonchev–Trinajstić information content (AvgIpc) is 2.40. The summed E-state index contributed by atoms with van der Waals surface area (Å²) in [4.78, 5) is 0. The molecule has 0 atom stereocenters. The highest BCUT2D eigenvalue weighted by Gasteiger charge is 2.11. The van der Waals surface area contributed by atoms with Gasteiger partial charge in [-0.3, -0.25) is 4.68 Å². The van der Waals surface area contributed by atoms with Gasteiger partial charge in [0.25, 0.3) is 0 Å². The Balaban J connectivity index is 2.79. The van der Waals surface area contributed by atoms with Crippen molar-refractivity contribution in [1.82, 2.24) is 9.78 Å². The molecule has 2 N–H and O–H groups in total. The zero-order chi connectivity index (χ0) is 10.3. The second-order valence-corrected chi connectivity index (χ2v) is 3.94. The van der Waals surface area contributed by atoms with Crippen LogP contribution in [-0.4, -0.2) is 9.78 Å². The SMILES string of the molecule is CC(C)c1c2cc(N)ccc2nn1C. The summed E-state index contributed by atoms with van der Waals surface area (Å²) in [6, 6.07) is 5.85. The molecule has 2 aromatic rings. The van der Waals surface area contributed by atoms with Crippen molar-refractivity contribution < 1.29 is 0 Å². The number of benzene rings is 1. The van der Waals surface area contributed by atoms with E-state index in [1.165, 1.54) is 11.1 Å². The molecule has 0 saturated heterocycles. The molecule has 1 aromatic carbocycles. The predicted octanol–water partition coefficient (Wildman–Crippen LogP) is 2.28. The van der Waals surface area contributed by atoms with E-state index >= 15 is 0 Å². The maximum atomic E-state index is 5.77. The smallest absolute Gasteiger partial charge is 0.0927 e. The zero-order valence-corrected chi connectivity index (χ0v) is 8.78. The Hall–Kier alpha value is -1.51. The van der Waals surface area contributed by atoms with E-state index in [4.69, 9.17) is 5.73 Å². The summed E-state index contributed by atoms with van der Waals surface area (Å²) >= 11 is 0. The van der Waals surface area contributed by atoms with Crippen molar-refractivity contribution in [1.29, 1.82) is 0 Å². The fraction of sp³-hybridized carbons (Fsp3) is 0.364. The summed E-state index contributed by atoms with van der Waals surface area (Å²) in [5.74, 6) is 0.465. The summed E-state index contributed by atoms with van der Waals surface area (Å²) < 4.78 is 1.94. The number of nitrogens with two attached hydrogens (primary N) is 1. The van der Waals surface area contributed by atoms with Gasteiger partial charge in [0.15, 0.2) is 0 Å². The monoisotopic (exact) mass is 189 g/mol. The number of hydrogen-bond donors (Lipinski definition) is 1. The van der Waals surface area contributed by atoms with Crippen molar-refractivity contribution in [3.8, 4) is 0 Å². The topological polar surface area (TPSA) is 43.8 Å². The Morgan fingerprint density at radius 1 is 1.36 bits per heavy atom. The Morgan fingerprint density at radius 2 is 2.07 bits per heavy atom. The molecule has 0 amide bonds. The summed E-state index contributed by atoms with van der Waals surface area (Å²) in [6.45, 7) is 4.33. The van der Waals surface area contributed by atoms with Crippen molar-refractivity contribution in [3.63, 3.8) is 0 Å². The van der Waals surface area contributed by atoms with Crippen LogP contribution < -0.4 is 5.73 Å². The van der Waals surface area contributed by atoms with Crippen LogP contribution in [0.5, 0.6) is 0 Å². The van der Waals surface area contributed by atoms with Gasteiger partial charge in [0.1, 0.15) is 0 Å². The Morgan fingerprint density at radius 3 is 2.71 bits per heavy atom. The summed E-state index contributed by atoms with van der Waals surface area (Å²) in [5.41, 5.74) is 8.83. The molecular formula is C11H15N3. The Labute approximate surface area is 83.5 Å². The predicted molar refractivity (Wildman–Crippen MR) is 59.2 cm³/mol. The van der Waals surface area contributed by atoms with Crippen LogP contribution in [0.15, 0.2) is 18.2 Å². The van der Waals surface area contributed by atoms with Crippen molar-refractivity contribution in [2.75, 3.05) is 5.73 Å². The normalized spacial score (nSPS) is 11.4. The van der Waals surface area contributed by atoms with Crippen molar-refractivity contribution >= 4 is 16.6 Å². The summed E-state index contributed by atoms with van der Waals surface area (Å²) in [7, 11) is 1.98. The first-order valence-electron chi connectivity index (χ1n) is 4.81. The van der Waals surface area contributed by atoms with Crippen LogP contribution >= 0.6 is 0 Å². The standard InChI is InChI=1S/C11H15N3/c1-7(2)11-9-6-8(12)4-5-10(9)13-14(11)3/h4-7H,12H2,1-3H3. The van der Waals surface area contributed by atoms with Crippen LogP contribution in [-0.2, 0) is 7.05 Å². The fourth-order valence-corrected chi connectivity index (χ4v) is 1.92. The largest absolute Gasteiger partial charge is 0.399 e. The van der Waals surface area contributed by atoms with Crippen LogP contribution in [0.2, 0.25) is 0 Å². The number of aromatic nitrogens is 2. The van der Waals surface area contributed by atoms with Crippen molar-refractivity contribution in [3.05, 3.63) is 23.9 Å². The van der Waals surface area contributed by atoms with Crippen LogP contribution in [0.1, 0.15) is 25.5 Å². The van der Waals surface area contributed by atoms with E-state index in [0.717, 1.165) is 11.2 Å². The van der Waals surface area contributed by atoms with Crippen molar-refractivity contribution in [2.24, 2.45) is 7.05 Å². The second-order valence-electron chi connectivity index (χ2n) is 3.94.